The van der Waals surface area contributed by atoms with Crippen molar-refractivity contribution in [2.45, 2.75) is 33.0 Å². The van der Waals surface area contributed by atoms with Crippen LogP contribution in [0.3, 0.4) is 0 Å². The van der Waals surface area contributed by atoms with E-state index in [1.807, 2.05) is 13.1 Å². The molecule has 2 aromatic rings. The Hall–Kier alpha value is -1.96. The molecule has 1 heterocycles. The molecule has 8 heteroatoms. The minimum Gasteiger partial charge on any atom is -0.434 e. The van der Waals surface area contributed by atoms with Gasteiger partial charge in [-0.3, -0.25) is 9.48 Å². The summed E-state index contributed by atoms with van der Waals surface area (Å²) in [5.74, 6) is -0.688. The molecular formula is C15H16BrF2N3O2. The fourth-order valence-corrected chi connectivity index (χ4v) is 2.37. The molecule has 0 spiro atoms. The Morgan fingerprint density at radius 3 is 2.78 bits per heavy atom. The molecule has 0 fully saturated rings. The summed E-state index contributed by atoms with van der Waals surface area (Å²) in [7, 11) is 0. The molecule has 1 amide bonds. The number of aryl methyl sites for hydroxylation is 1. The second-order valence-electron chi connectivity index (χ2n) is 4.81. The standard InChI is InChI=1S/C15H16BrF2N3O2/c1-3-21-7-6-12(20-21)9(2)19-14(22)11-8-10(16)4-5-13(11)23-15(17)18/h4-9,15H,3H2,1-2H3,(H,19,22). The highest BCUT2D eigenvalue weighted by atomic mass is 79.9. The van der Waals surface area contributed by atoms with Crippen LogP contribution < -0.4 is 10.1 Å². The normalized spacial score (nSPS) is 12.3. The van der Waals surface area contributed by atoms with Gasteiger partial charge in [0.25, 0.3) is 5.91 Å². The molecule has 124 valence electrons. The summed E-state index contributed by atoms with van der Waals surface area (Å²) in [6, 6.07) is 5.72. The maximum atomic E-state index is 12.5. The molecule has 0 aliphatic heterocycles. The minimum atomic E-state index is -3.00. The van der Waals surface area contributed by atoms with Crippen LogP contribution in [0.1, 0.15) is 35.9 Å². The molecule has 1 unspecified atom stereocenters. The van der Waals surface area contributed by atoms with Crippen molar-refractivity contribution in [1.82, 2.24) is 15.1 Å². The van der Waals surface area contributed by atoms with E-state index in [1.165, 1.54) is 18.2 Å². The zero-order chi connectivity index (χ0) is 17.0. The third kappa shape index (κ3) is 4.51. The maximum Gasteiger partial charge on any atom is 0.387 e. The van der Waals surface area contributed by atoms with Crippen molar-refractivity contribution >= 4 is 21.8 Å². The molecule has 1 aromatic carbocycles. The molecule has 23 heavy (non-hydrogen) atoms. The Kier molecular flexibility index (Phi) is 5.70. The van der Waals surface area contributed by atoms with Gasteiger partial charge >= 0.3 is 6.61 Å². The number of benzene rings is 1. The number of hydrogen-bond acceptors (Lipinski definition) is 3. The van der Waals surface area contributed by atoms with Crippen molar-refractivity contribution in [3.8, 4) is 5.75 Å². The lowest BCUT2D eigenvalue weighted by Gasteiger charge is -2.15. The van der Waals surface area contributed by atoms with Gasteiger partial charge in [0.1, 0.15) is 5.75 Å². The fraction of sp³-hybridized carbons (Fsp3) is 0.333. The number of aromatic nitrogens is 2. The van der Waals surface area contributed by atoms with E-state index < -0.39 is 12.5 Å². The molecule has 1 atom stereocenters. The van der Waals surface area contributed by atoms with E-state index >= 15 is 0 Å². The van der Waals surface area contributed by atoms with Crippen molar-refractivity contribution in [3.05, 3.63) is 46.2 Å². The highest BCUT2D eigenvalue weighted by Crippen LogP contribution is 2.25. The van der Waals surface area contributed by atoms with E-state index in [0.717, 1.165) is 6.54 Å². The first-order valence-electron chi connectivity index (χ1n) is 6.99. The number of nitrogens with zero attached hydrogens (tertiary/aromatic N) is 2. The van der Waals surface area contributed by atoms with Gasteiger partial charge in [-0.1, -0.05) is 15.9 Å². The van der Waals surface area contributed by atoms with Crippen molar-refractivity contribution < 1.29 is 18.3 Å². The Bertz CT molecular complexity index is 691. The van der Waals surface area contributed by atoms with Crippen LogP contribution in [0.5, 0.6) is 5.75 Å². The van der Waals surface area contributed by atoms with Crippen LogP contribution in [0, 0.1) is 0 Å². The number of carbonyl (C=O) groups excluding carboxylic acids is 1. The second kappa shape index (κ2) is 7.54. The topological polar surface area (TPSA) is 56.2 Å². The Labute approximate surface area is 140 Å². The predicted octanol–water partition coefficient (Wildman–Crippen LogP) is 3.76. The Balaban J connectivity index is 2.17. The van der Waals surface area contributed by atoms with Crippen LogP contribution in [-0.2, 0) is 6.54 Å². The highest BCUT2D eigenvalue weighted by molar-refractivity contribution is 9.10. The average molecular weight is 388 g/mol. The molecule has 2 rings (SSSR count). The van der Waals surface area contributed by atoms with Crippen molar-refractivity contribution in [2.75, 3.05) is 0 Å². The monoisotopic (exact) mass is 387 g/mol. The third-order valence-corrected chi connectivity index (χ3v) is 3.67. The average Bonchev–Trinajstić information content (AvgIpc) is 2.97. The van der Waals surface area contributed by atoms with Gasteiger partial charge in [0.2, 0.25) is 0 Å². The van der Waals surface area contributed by atoms with Gasteiger partial charge in [-0.05, 0) is 38.1 Å². The minimum absolute atomic E-state index is 0.0291. The van der Waals surface area contributed by atoms with Gasteiger partial charge in [0, 0.05) is 17.2 Å². The number of alkyl halides is 2. The quantitative estimate of drug-likeness (QED) is 0.820. The Morgan fingerprint density at radius 1 is 1.43 bits per heavy atom. The van der Waals surface area contributed by atoms with E-state index in [-0.39, 0.29) is 17.4 Å². The molecule has 5 nitrogen and oxygen atoms in total. The molecule has 0 bridgehead atoms. The van der Waals surface area contributed by atoms with Crippen LogP contribution in [0.15, 0.2) is 34.9 Å². The summed E-state index contributed by atoms with van der Waals surface area (Å²) in [6.07, 6.45) is 1.81. The molecule has 1 aromatic heterocycles. The molecule has 0 aliphatic rings. The fourth-order valence-electron chi connectivity index (χ4n) is 2.01. The van der Waals surface area contributed by atoms with E-state index in [0.29, 0.717) is 10.2 Å². The highest BCUT2D eigenvalue weighted by Gasteiger charge is 2.19. The molecular weight excluding hydrogens is 372 g/mol. The summed E-state index contributed by atoms with van der Waals surface area (Å²) in [4.78, 5) is 12.4. The number of ether oxygens (including phenoxy) is 1. The van der Waals surface area contributed by atoms with E-state index in [2.05, 4.69) is 31.1 Å². The molecule has 0 radical (unpaired) electrons. The van der Waals surface area contributed by atoms with Crippen LogP contribution in [-0.4, -0.2) is 22.3 Å². The molecule has 0 saturated heterocycles. The molecule has 0 saturated carbocycles. The van der Waals surface area contributed by atoms with Gasteiger partial charge in [-0.25, -0.2) is 0 Å². The summed E-state index contributed by atoms with van der Waals surface area (Å²) >= 11 is 3.22. The van der Waals surface area contributed by atoms with Gasteiger partial charge in [-0.2, -0.15) is 13.9 Å². The lowest BCUT2D eigenvalue weighted by molar-refractivity contribution is -0.0501. The van der Waals surface area contributed by atoms with E-state index in [1.54, 1.807) is 17.7 Å². The largest absolute Gasteiger partial charge is 0.434 e. The number of amides is 1. The first-order valence-corrected chi connectivity index (χ1v) is 7.78. The van der Waals surface area contributed by atoms with Crippen LogP contribution in [0.4, 0.5) is 8.78 Å². The number of carbonyl (C=O) groups is 1. The zero-order valence-electron chi connectivity index (χ0n) is 12.6. The van der Waals surface area contributed by atoms with Crippen molar-refractivity contribution in [1.29, 1.82) is 0 Å². The van der Waals surface area contributed by atoms with Crippen molar-refractivity contribution in [2.24, 2.45) is 0 Å². The van der Waals surface area contributed by atoms with Crippen LogP contribution in [0.25, 0.3) is 0 Å². The summed E-state index contributed by atoms with van der Waals surface area (Å²) in [6.45, 7) is 1.44. The van der Waals surface area contributed by atoms with Crippen LogP contribution >= 0.6 is 15.9 Å². The summed E-state index contributed by atoms with van der Waals surface area (Å²) < 4.78 is 31.6. The smallest absolute Gasteiger partial charge is 0.387 e. The van der Waals surface area contributed by atoms with E-state index in [9.17, 15) is 13.6 Å². The zero-order valence-corrected chi connectivity index (χ0v) is 14.2. The summed E-state index contributed by atoms with van der Waals surface area (Å²) in [5.41, 5.74) is 0.716. The summed E-state index contributed by atoms with van der Waals surface area (Å²) in [5, 5.41) is 7.04. The number of hydrogen-bond donors (Lipinski definition) is 1. The van der Waals surface area contributed by atoms with Gasteiger partial charge in [0.15, 0.2) is 0 Å². The lowest BCUT2D eigenvalue weighted by atomic mass is 10.1. The lowest BCUT2D eigenvalue weighted by Crippen LogP contribution is -2.27. The third-order valence-electron chi connectivity index (χ3n) is 3.18. The SMILES string of the molecule is CCn1ccc(C(C)NC(=O)c2cc(Br)ccc2OC(F)F)n1. The predicted molar refractivity (Wildman–Crippen MR) is 84.6 cm³/mol. The first-order chi connectivity index (χ1) is 10.9. The van der Waals surface area contributed by atoms with Gasteiger partial charge < -0.3 is 10.1 Å². The molecule has 0 aliphatic carbocycles. The Morgan fingerprint density at radius 2 is 2.17 bits per heavy atom. The number of rotatable bonds is 6. The molecule has 1 N–H and O–H groups in total. The van der Waals surface area contributed by atoms with Gasteiger partial charge in [-0.15, -0.1) is 0 Å². The first kappa shape index (κ1) is 17.4. The second-order valence-corrected chi connectivity index (χ2v) is 5.73. The number of halogens is 3. The maximum absolute atomic E-state index is 12.5. The number of nitrogens with one attached hydrogen (secondary N) is 1. The van der Waals surface area contributed by atoms with E-state index in [4.69, 9.17) is 0 Å². The van der Waals surface area contributed by atoms with Crippen molar-refractivity contribution in [3.63, 3.8) is 0 Å². The van der Waals surface area contributed by atoms with Gasteiger partial charge in [0.05, 0.1) is 17.3 Å². The van der Waals surface area contributed by atoms with Crippen LogP contribution in [0.2, 0.25) is 0 Å².